The quantitative estimate of drug-likeness (QED) is 0.923. The molecule has 1 N–H and O–H groups in total. The number of hydrogen-bond donors (Lipinski definition) is 1. The number of aryl methyl sites for hydroxylation is 1. The number of rotatable bonds is 4. The van der Waals surface area contributed by atoms with Gasteiger partial charge >= 0.3 is 0 Å². The van der Waals surface area contributed by atoms with Crippen LogP contribution in [-0.4, -0.2) is 29.9 Å². The van der Waals surface area contributed by atoms with Crippen LogP contribution in [0.2, 0.25) is 0 Å². The van der Waals surface area contributed by atoms with E-state index in [2.05, 4.69) is 46.4 Å². The highest BCUT2D eigenvalue weighted by atomic mass is 79.9. The van der Waals surface area contributed by atoms with Gasteiger partial charge in [-0.15, -0.1) is 0 Å². The number of halogens is 1. The van der Waals surface area contributed by atoms with Crippen LogP contribution in [0.5, 0.6) is 0 Å². The normalized spacial score (nSPS) is 16.7. The van der Waals surface area contributed by atoms with E-state index >= 15 is 0 Å². The van der Waals surface area contributed by atoms with E-state index in [-0.39, 0.29) is 11.9 Å². The van der Waals surface area contributed by atoms with Crippen LogP contribution in [0, 0.1) is 6.92 Å². The molecule has 0 aliphatic carbocycles. The summed E-state index contributed by atoms with van der Waals surface area (Å²) in [5, 5.41) is 3.31. The molecule has 0 spiro atoms. The Balaban J connectivity index is 1.88. The van der Waals surface area contributed by atoms with E-state index in [0.29, 0.717) is 6.54 Å². The highest BCUT2D eigenvalue weighted by Crippen LogP contribution is 2.18. The maximum absolute atomic E-state index is 12.2. The third-order valence-electron chi connectivity index (χ3n) is 3.60. The topological polar surface area (TPSA) is 32.3 Å². The van der Waals surface area contributed by atoms with Crippen LogP contribution >= 0.6 is 15.9 Å². The molecule has 1 fully saturated rings. The van der Waals surface area contributed by atoms with Crippen molar-refractivity contribution >= 4 is 21.8 Å². The van der Waals surface area contributed by atoms with Gasteiger partial charge in [-0.05, 0) is 43.9 Å². The van der Waals surface area contributed by atoms with Gasteiger partial charge in [0, 0.05) is 24.1 Å². The summed E-state index contributed by atoms with van der Waals surface area (Å²) in [5.41, 5.74) is 2.42. The van der Waals surface area contributed by atoms with E-state index in [9.17, 15) is 4.79 Å². The Morgan fingerprint density at radius 3 is 2.74 bits per heavy atom. The molecule has 4 heteroatoms. The lowest BCUT2D eigenvalue weighted by molar-refractivity contribution is -0.131. The van der Waals surface area contributed by atoms with Gasteiger partial charge in [0.15, 0.2) is 0 Å². The molecule has 104 valence electrons. The zero-order valence-corrected chi connectivity index (χ0v) is 13.2. The summed E-state index contributed by atoms with van der Waals surface area (Å²) >= 11 is 3.57. The SMILES string of the molecule is Cc1ccc(CNC(C)C(=O)N2CCCC2)c(Br)c1. The second-order valence-electron chi connectivity index (χ2n) is 5.23. The van der Waals surface area contributed by atoms with E-state index in [1.54, 1.807) is 0 Å². The van der Waals surface area contributed by atoms with Crippen molar-refractivity contribution in [3.05, 3.63) is 33.8 Å². The predicted molar refractivity (Wildman–Crippen MR) is 81.0 cm³/mol. The lowest BCUT2D eigenvalue weighted by Crippen LogP contribution is -2.43. The lowest BCUT2D eigenvalue weighted by atomic mass is 10.1. The van der Waals surface area contributed by atoms with E-state index in [1.165, 1.54) is 11.1 Å². The smallest absolute Gasteiger partial charge is 0.239 e. The fourth-order valence-electron chi connectivity index (χ4n) is 2.36. The van der Waals surface area contributed by atoms with Crippen molar-refractivity contribution in [2.75, 3.05) is 13.1 Å². The molecule has 1 aromatic carbocycles. The third-order valence-corrected chi connectivity index (χ3v) is 4.33. The van der Waals surface area contributed by atoms with E-state index in [1.807, 2.05) is 11.8 Å². The molecule has 19 heavy (non-hydrogen) atoms. The molecule has 2 rings (SSSR count). The Labute approximate surface area is 123 Å². The zero-order valence-electron chi connectivity index (χ0n) is 11.6. The molecule has 1 aliphatic rings. The van der Waals surface area contributed by atoms with Crippen molar-refractivity contribution in [2.24, 2.45) is 0 Å². The second kappa shape index (κ2) is 6.53. The first-order chi connectivity index (χ1) is 9.08. The Kier molecular flexibility index (Phi) is 4.99. The number of likely N-dealkylation sites (tertiary alicyclic amines) is 1. The van der Waals surface area contributed by atoms with Gasteiger partial charge in [0.1, 0.15) is 0 Å². The molecule has 0 aromatic heterocycles. The highest BCUT2D eigenvalue weighted by molar-refractivity contribution is 9.10. The third kappa shape index (κ3) is 3.80. The summed E-state index contributed by atoms with van der Waals surface area (Å²) < 4.78 is 1.10. The molecule has 1 unspecified atom stereocenters. The first-order valence-corrected chi connectivity index (χ1v) is 7.64. The minimum absolute atomic E-state index is 0.119. The summed E-state index contributed by atoms with van der Waals surface area (Å²) in [4.78, 5) is 14.1. The first-order valence-electron chi connectivity index (χ1n) is 6.85. The molecule has 1 heterocycles. The molecule has 0 bridgehead atoms. The van der Waals surface area contributed by atoms with Crippen LogP contribution in [0.25, 0.3) is 0 Å². The number of amides is 1. The average Bonchev–Trinajstić information content (AvgIpc) is 2.90. The molecule has 1 aliphatic heterocycles. The van der Waals surface area contributed by atoms with Crippen LogP contribution in [0.1, 0.15) is 30.9 Å². The molecule has 1 saturated heterocycles. The minimum atomic E-state index is -0.119. The monoisotopic (exact) mass is 324 g/mol. The summed E-state index contributed by atoms with van der Waals surface area (Å²) in [6.07, 6.45) is 2.28. The molecule has 1 aromatic rings. The van der Waals surface area contributed by atoms with Gasteiger partial charge in [0.25, 0.3) is 0 Å². The van der Waals surface area contributed by atoms with Gasteiger partial charge in [-0.1, -0.05) is 28.1 Å². The predicted octanol–water partition coefficient (Wildman–Crippen LogP) is 2.86. The number of benzene rings is 1. The molecule has 0 radical (unpaired) electrons. The average molecular weight is 325 g/mol. The van der Waals surface area contributed by atoms with Gasteiger partial charge in [-0.3, -0.25) is 4.79 Å². The molecule has 1 amide bonds. The molecular formula is C15H21BrN2O. The van der Waals surface area contributed by atoms with Gasteiger partial charge in [-0.2, -0.15) is 0 Å². The summed E-state index contributed by atoms with van der Waals surface area (Å²) in [7, 11) is 0. The number of hydrogen-bond acceptors (Lipinski definition) is 2. The van der Waals surface area contributed by atoms with Gasteiger partial charge < -0.3 is 10.2 Å². The second-order valence-corrected chi connectivity index (χ2v) is 6.08. The van der Waals surface area contributed by atoms with E-state index < -0.39 is 0 Å². The number of nitrogens with one attached hydrogen (secondary N) is 1. The van der Waals surface area contributed by atoms with Crippen LogP contribution in [0.15, 0.2) is 22.7 Å². The largest absolute Gasteiger partial charge is 0.341 e. The zero-order chi connectivity index (χ0) is 13.8. The van der Waals surface area contributed by atoms with Gasteiger partial charge in [-0.25, -0.2) is 0 Å². The van der Waals surface area contributed by atoms with Crippen molar-refractivity contribution in [3.8, 4) is 0 Å². The number of carbonyl (C=O) groups excluding carboxylic acids is 1. The van der Waals surface area contributed by atoms with Crippen LogP contribution in [-0.2, 0) is 11.3 Å². The van der Waals surface area contributed by atoms with E-state index in [0.717, 1.165) is 30.4 Å². The van der Waals surface area contributed by atoms with Crippen molar-refractivity contribution in [3.63, 3.8) is 0 Å². The maximum Gasteiger partial charge on any atom is 0.239 e. The summed E-state index contributed by atoms with van der Waals surface area (Å²) in [5.74, 6) is 0.223. The molecule has 0 saturated carbocycles. The first kappa shape index (κ1) is 14.5. The number of nitrogens with zero attached hydrogens (tertiary/aromatic N) is 1. The van der Waals surface area contributed by atoms with Gasteiger partial charge in [0.05, 0.1) is 6.04 Å². The Morgan fingerprint density at radius 2 is 2.11 bits per heavy atom. The van der Waals surface area contributed by atoms with Crippen molar-refractivity contribution in [1.82, 2.24) is 10.2 Å². The molecule has 3 nitrogen and oxygen atoms in total. The lowest BCUT2D eigenvalue weighted by Gasteiger charge is -2.21. The minimum Gasteiger partial charge on any atom is -0.341 e. The van der Waals surface area contributed by atoms with Gasteiger partial charge in [0.2, 0.25) is 5.91 Å². The highest BCUT2D eigenvalue weighted by Gasteiger charge is 2.22. The van der Waals surface area contributed by atoms with Crippen LogP contribution in [0.4, 0.5) is 0 Å². The standard InChI is InChI=1S/C15H21BrN2O/c1-11-5-6-13(14(16)9-11)10-17-12(2)15(19)18-7-3-4-8-18/h5-6,9,12,17H,3-4,7-8,10H2,1-2H3. The summed E-state index contributed by atoms with van der Waals surface area (Å²) in [6, 6.07) is 6.17. The fourth-order valence-corrected chi connectivity index (χ4v) is 2.99. The fraction of sp³-hybridized carbons (Fsp3) is 0.533. The van der Waals surface area contributed by atoms with Crippen molar-refractivity contribution in [1.29, 1.82) is 0 Å². The molecular weight excluding hydrogens is 304 g/mol. The van der Waals surface area contributed by atoms with Crippen LogP contribution < -0.4 is 5.32 Å². The van der Waals surface area contributed by atoms with Crippen molar-refractivity contribution in [2.45, 2.75) is 39.3 Å². The van der Waals surface area contributed by atoms with E-state index in [4.69, 9.17) is 0 Å². The number of carbonyl (C=O) groups is 1. The molecule has 1 atom stereocenters. The Hall–Kier alpha value is -0.870. The van der Waals surface area contributed by atoms with Crippen molar-refractivity contribution < 1.29 is 4.79 Å². The maximum atomic E-state index is 12.2. The van der Waals surface area contributed by atoms with Crippen LogP contribution in [0.3, 0.4) is 0 Å². The Morgan fingerprint density at radius 1 is 1.42 bits per heavy atom. The Bertz CT molecular complexity index is 455. The summed E-state index contributed by atoms with van der Waals surface area (Å²) in [6.45, 7) is 6.56.